The summed E-state index contributed by atoms with van der Waals surface area (Å²) in [4.78, 5) is 27.6. The molecule has 1 atom stereocenters. The largest absolute Gasteiger partial charge is 0.376 e. The molecule has 7 heteroatoms. The first-order valence-corrected chi connectivity index (χ1v) is 12.2. The van der Waals surface area contributed by atoms with Crippen molar-refractivity contribution in [1.82, 2.24) is 5.01 Å². The molecule has 182 valence electrons. The van der Waals surface area contributed by atoms with Crippen molar-refractivity contribution in [1.29, 1.82) is 0 Å². The summed E-state index contributed by atoms with van der Waals surface area (Å²) < 4.78 is 5.43. The molecule has 1 fully saturated rings. The molecule has 1 unspecified atom stereocenters. The normalized spacial score (nSPS) is 20.1. The van der Waals surface area contributed by atoms with Crippen LogP contribution in [0.1, 0.15) is 66.4 Å². The highest BCUT2D eigenvalue weighted by Crippen LogP contribution is 2.38. The number of anilines is 1. The van der Waals surface area contributed by atoms with Gasteiger partial charge in [0.1, 0.15) is 11.2 Å². The molecule has 0 N–H and O–H groups in total. The van der Waals surface area contributed by atoms with E-state index < -0.39 is 5.54 Å². The Labute approximate surface area is 203 Å². The van der Waals surface area contributed by atoms with Crippen LogP contribution in [0.4, 0.5) is 5.69 Å². The van der Waals surface area contributed by atoms with Gasteiger partial charge in [-0.3, -0.25) is 19.5 Å². The number of amides is 1. The van der Waals surface area contributed by atoms with Crippen LogP contribution in [0.5, 0.6) is 0 Å². The van der Waals surface area contributed by atoms with Crippen LogP contribution in [0.3, 0.4) is 0 Å². The zero-order valence-corrected chi connectivity index (χ0v) is 21.8. The van der Waals surface area contributed by atoms with Crippen molar-refractivity contribution < 1.29 is 14.3 Å². The Morgan fingerprint density at radius 2 is 2.00 bits per heavy atom. The molecule has 0 spiro atoms. The smallest absolute Gasteiger partial charge is 0.277 e. The number of ether oxygens (including phenoxy) is 1. The average molecular weight is 476 g/mol. The van der Waals surface area contributed by atoms with Crippen molar-refractivity contribution in [3.05, 3.63) is 40.6 Å². The predicted molar refractivity (Wildman–Crippen MR) is 136 cm³/mol. The van der Waals surface area contributed by atoms with Crippen LogP contribution in [0.15, 0.2) is 35.1 Å². The number of hydrogen-bond donors (Lipinski definition) is 0. The Balaban J connectivity index is 0.000000569. The zero-order valence-electron chi connectivity index (χ0n) is 21.1. The van der Waals surface area contributed by atoms with Crippen molar-refractivity contribution >= 4 is 34.7 Å². The third-order valence-corrected chi connectivity index (χ3v) is 6.43. The van der Waals surface area contributed by atoms with E-state index >= 15 is 0 Å². The zero-order chi connectivity index (χ0) is 24.8. The highest BCUT2D eigenvalue weighted by atomic mass is 35.5. The van der Waals surface area contributed by atoms with E-state index in [2.05, 4.69) is 25.9 Å². The van der Waals surface area contributed by atoms with E-state index in [1.54, 1.807) is 29.0 Å². The third-order valence-electron chi connectivity index (χ3n) is 6.02. The Bertz CT molecular complexity index is 925. The summed E-state index contributed by atoms with van der Waals surface area (Å²) in [6.07, 6.45) is 5.12. The second kappa shape index (κ2) is 11.8. The molecule has 1 amide bonds. The molecular weight excluding hydrogens is 438 g/mol. The summed E-state index contributed by atoms with van der Waals surface area (Å²) in [7, 11) is 0. The van der Waals surface area contributed by atoms with Gasteiger partial charge in [0.2, 0.25) is 0 Å². The minimum absolute atomic E-state index is 0.110. The van der Waals surface area contributed by atoms with Gasteiger partial charge in [-0.25, -0.2) is 0 Å². The van der Waals surface area contributed by atoms with Crippen molar-refractivity contribution in [2.75, 3.05) is 24.7 Å². The van der Waals surface area contributed by atoms with E-state index in [4.69, 9.17) is 16.3 Å². The Morgan fingerprint density at radius 1 is 1.30 bits per heavy atom. The maximum Gasteiger partial charge on any atom is 0.277 e. The third kappa shape index (κ3) is 6.24. The summed E-state index contributed by atoms with van der Waals surface area (Å²) in [5, 5.41) is 6.76. The van der Waals surface area contributed by atoms with E-state index in [1.165, 1.54) is 19.8 Å². The van der Waals surface area contributed by atoms with Crippen LogP contribution < -0.4 is 4.90 Å². The molecular formula is C26H38ClN3O3. The molecule has 2 aliphatic rings. The number of carbonyl (C=O) groups excluding carboxylic acids is 2. The lowest BCUT2D eigenvalue weighted by Gasteiger charge is -2.48. The molecule has 0 aromatic heterocycles. The number of ketones is 1. The summed E-state index contributed by atoms with van der Waals surface area (Å²) in [6, 6.07) is 5.39. The molecule has 1 aromatic rings. The summed E-state index contributed by atoms with van der Waals surface area (Å²) in [6.45, 7) is 15.1. The van der Waals surface area contributed by atoms with Gasteiger partial charge in [-0.05, 0) is 57.4 Å². The van der Waals surface area contributed by atoms with Crippen LogP contribution in [-0.4, -0.2) is 47.7 Å². The summed E-state index contributed by atoms with van der Waals surface area (Å²) >= 11 is 6.27. The molecule has 0 bridgehead atoms. The molecule has 0 radical (unpaired) electrons. The minimum Gasteiger partial charge on any atom is -0.376 e. The van der Waals surface area contributed by atoms with Crippen LogP contribution in [-0.2, 0) is 14.3 Å². The van der Waals surface area contributed by atoms with E-state index in [9.17, 15) is 9.59 Å². The predicted octanol–water partition coefficient (Wildman–Crippen LogP) is 5.77. The standard InChI is InChI=1S/C20H24ClN3O3.C6H14/c1-5-27-11-15-9-10-18-19(26)24(17-8-6-7-16(21)13(17)2)20(4,14(3)25)12-23(18)22-15;1-4-5-6(2)3/h6-8,10H,5,9,11-12H2,1-4H3;6H,4-5H2,1-3H3. The van der Waals surface area contributed by atoms with Gasteiger partial charge >= 0.3 is 0 Å². The number of nitrogens with zero attached hydrogens (tertiary/aromatic N) is 3. The van der Waals surface area contributed by atoms with Crippen LogP contribution in [0.2, 0.25) is 5.02 Å². The van der Waals surface area contributed by atoms with E-state index in [0.29, 0.717) is 36.0 Å². The Hall–Kier alpha value is -2.18. The number of fused-ring (bicyclic) bond motifs is 1. The Kier molecular flexibility index (Phi) is 9.68. The summed E-state index contributed by atoms with van der Waals surface area (Å²) in [5.41, 5.74) is 1.68. The quantitative estimate of drug-likeness (QED) is 0.502. The minimum atomic E-state index is -1.05. The fourth-order valence-electron chi connectivity index (χ4n) is 3.97. The number of piperazine rings is 1. The van der Waals surface area contributed by atoms with Crippen molar-refractivity contribution in [2.24, 2.45) is 11.0 Å². The lowest BCUT2D eigenvalue weighted by atomic mass is 9.89. The van der Waals surface area contributed by atoms with Crippen LogP contribution in [0, 0.1) is 12.8 Å². The fourth-order valence-corrected chi connectivity index (χ4v) is 4.14. The maximum absolute atomic E-state index is 13.4. The maximum atomic E-state index is 13.4. The number of hydrogen-bond acceptors (Lipinski definition) is 5. The van der Waals surface area contributed by atoms with Crippen molar-refractivity contribution in [3.63, 3.8) is 0 Å². The highest BCUT2D eigenvalue weighted by molar-refractivity contribution is 6.32. The van der Waals surface area contributed by atoms with Gasteiger partial charge < -0.3 is 4.74 Å². The second-order valence-corrected chi connectivity index (χ2v) is 9.60. The molecule has 33 heavy (non-hydrogen) atoms. The molecule has 6 nitrogen and oxygen atoms in total. The van der Waals surface area contributed by atoms with Gasteiger partial charge in [0, 0.05) is 23.7 Å². The fraction of sp³-hybridized carbons (Fsp3) is 0.577. The number of benzene rings is 1. The lowest BCUT2D eigenvalue weighted by molar-refractivity contribution is -0.129. The first-order valence-electron chi connectivity index (χ1n) is 11.8. The van der Waals surface area contributed by atoms with Crippen molar-refractivity contribution in [2.45, 2.75) is 73.3 Å². The highest BCUT2D eigenvalue weighted by Gasteiger charge is 2.49. The molecule has 2 heterocycles. The monoisotopic (exact) mass is 475 g/mol. The molecule has 1 saturated heterocycles. The van der Waals surface area contributed by atoms with Gasteiger partial charge in [0.25, 0.3) is 5.91 Å². The summed E-state index contributed by atoms with van der Waals surface area (Å²) in [5.74, 6) is 0.542. The van der Waals surface area contributed by atoms with Gasteiger partial charge in [0.05, 0.1) is 18.9 Å². The van der Waals surface area contributed by atoms with Gasteiger partial charge in [-0.2, -0.15) is 5.10 Å². The Morgan fingerprint density at radius 3 is 2.55 bits per heavy atom. The first-order chi connectivity index (χ1) is 15.6. The average Bonchev–Trinajstić information content (AvgIpc) is 2.75. The number of halogens is 1. The molecule has 2 aliphatic heterocycles. The second-order valence-electron chi connectivity index (χ2n) is 9.19. The van der Waals surface area contributed by atoms with Gasteiger partial charge in [-0.15, -0.1) is 0 Å². The van der Waals surface area contributed by atoms with Crippen LogP contribution >= 0.6 is 11.6 Å². The topological polar surface area (TPSA) is 62.2 Å². The van der Waals surface area contributed by atoms with E-state index in [0.717, 1.165) is 17.2 Å². The molecule has 0 aliphatic carbocycles. The van der Waals surface area contributed by atoms with Crippen LogP contribution in [0.25, 0.3) is 0 Å². The molecule has 0 saturated carbocycles. The number of rotatable bonds is 7. The van der Waals surface area contributed by atoms with Crippen molar-refractivity contribution in [3.8, 4) is 0 Å². The number of Topliss-reactive ketones (excluding diaryl/α,β-unsaturated/α-hetero) is 1. The van der Waals surface area contributed by atoms with Gasteiger partial charge in [-0.1, -0.05) is 51.3 Å². The number of hydrazone groups is 1. The lowest BCUT2D eigenvalue weighted by Crippen LogP contribution is -2.65. The SMILES string of the molecule is CCCC(C)C.CCOCC1=NN2CC(C)(C(C)=O)N(c3cccc(Cl)c3C)C(=O)C2=CC1. The molecule has 1 aromatic carbocycles. The first kappa shape index (κ1) is 27.1. The van der Waals surface area contributed by atoms with E-state index in [-0.39, 0.29) is 18.2 Å². The van der Waals surface area contributed by atoms with Gasteiger partial charge in [0.15, 0.2) is 5.78 Å². The number of allylic oxidation sites excluding steroid dienone is 1. The number of carbonyl (C=O) groups is 2. The molecule has 3 rings (SSSR count). The van der Waals surface area contributed by atoms with E-state index in [1.807, 2.05) is 26.0 Å².